The van der Waals surface area contributed by atoms with E-state index in [-0.39, 0.29) is 36.1 Å². The second kappa shape index (κ2) is 11.1. The predicted molar refractivity (Wildman–Crippen MR) is 145 cm³/mol. The van der Waals surface area contributed by atoms with E-state index < -0.39 is 27.6 Å². The summed E-state index contributed by atoms with van der Waals surface area (Å²) in [5.41, 5.74) is -2.72. The molecule has 204 valence electrons. The molecule has 1 heterocycles. The summed E-state index contributed by atoms with van der Waals surface area (Å²) in [5.74, 6) is -0.00114. The van der Waals surface area contributed by atoms with E-state index in [1.165, 1.54) is 58.5 Å². The molecule has 2 aromatic carbocycles. The van der Waals surface area contributed by atoms with Gasteiger partial charge in [0.1, 0.15) is 5.82 Å². The van der Waals surface area contributed by atoms with Gasteiger partial charge in [0.2, 0.25) is 10.0 Å². The SMILES string of the molecule is C[C@@](O)(c1ccc(N2CCN(S(=O)(=O)C3=CC=CCC3=S)C[C@@H]2CSc2cccc(F)c2)cc1)C(F)(F)F. The first-order chi connectivity index (χ1) is 17.8. The lowest BCUT2D eigenvalue weighted by molar-refractivity contribution is -0.258. The Bertz CT molecular complexity index is 1360. The second-order valence-corrected chi connectivity index (χ2v) is 12.7. The van der Waals surface area contributed by atoms with Gasteiger partial charge in [-0.25, -0.2) is 12.8 Å². The number of thioether (sulfide) groups is 1. The fourth-order valence-corrected chi connectivity index (χ4v) is 7.42. The van der Waals surface area contributed by atoms with E-state index >= 15 is 0 Å². The molecule has 1 saturated heterocycles. The van der Waals surface area contributed by atoms with E-state index in [1.54, 1.807) is 24.3 Å². The molecule has 4 rings (SSSR count). The van der Waals surface area contributed by atoms with Crippen LogP contribution in [-0.2, 0) is 15.6 Å². The first-order valence-electron chi connectivity index (χ1n) is 11.8. The Hall–Kier alpha value is -2.25. The topological polar surface area (TPSA) is 60.9 Å². The van der Waals surface area contributed by atoms with Crippen molar-refractivity contribution in [3.8, 4) is 0 Å². The Labute approximate surface area is 228 Å². The molecule has 1 N–H and O–H groups in total. The molecule has 0 radical (unpaired) electrons. The number of hydrogen-bond donors (Lipinski definition) is 1. The number of rotatable bonds is 7. The van der Waals surface area contributed by atoms with Crippen LogP contribution in [0.3, 0.4) is 0 Å². The number of thiocarbonyl (C=S) groups is 1. The quantitative estimate of drug-likeness (QED) is 0.266. The average molecular weight is 587 g/mol. The summed E-state index contributed by atoms with van der Waals surface area (Å²) in [7, 11) is -3.86. The van der Waals surface area contributed by atoms with Gasteiger partial charge in [-0.05, 0) is 48.9 Å². The van der Waals surface area contributed by atoms with Crippen molar-refractivity contribution in [2.24, 2.45) is 0 Å². The lowest BCUT2D eigenvalue weighted by atomic mass is 9.95. The maximum absolute atomic E-state index is 13.7. The minimum Gasteiger partial charge on any atom is -0.376 e. The van der Waals surface area contributed by atoms with E-state index in [9.17, 15) is 31.1 Å². The number of piperazine rings is 1. The fourth-order valence-electron chi connectivity index (χ4n) is 4.31. The first kappa shape index (κ1) is 28.8. The number of halogens is 4. The van der Waals surface area contributed by atoms with E-state index in [4.69, 9.17) is 12.2 Å². The molecule has 2 aliphatic rings. The van der Waals surface area contributed by atoms with Gasteiger partial charge in [0, 0.05) is 47.3 Å². The number of nitrogens with zero attached hydrogens (tertiary/aromatic N) is 2. The standard InChI is InChI=1S/C26H26F4N2O3S3/c1-25(33,26(28,29)30)18-9-11-20(12-10-18)32-14-13-31(38(34,35)24-8-3-2-7-23(24)36)16-21(32)17-37-22-6-4-5-19(27)15-22/h2-6,8-12,15,21,33H,7,13-14,16-17H2,1H3/t21-,25-/m1/s1. The molecule has 0 spiro atoms. The number of benzene rings is 2. The summed E-state index contributed by atoms with van der Waals surface area (Å²) in [6.07, 6.45) is 0.468. The van der Waals surface area contributed by atoms with Crippen LogP contribution >= 0.6 is 24.0 Å². The molecule has 0 saturated carbocycles. The second-order valence-electron chi connectivity index (χ2n) is 9.18. The van der Waals surface area contributed by atoms with Crippen molar-refractivity contribution in [2.45, 2.75) is 36.1 Å². The highest BCUT2D eigenvalue weighted by molar-refractivity contribution is 7.99. The number of anilines is 1. The highest BCUT2D eigenvalue weighted by atomic mass is 32.2. The van der Waals surface area contributed by atoms with Crippen LogP contribution < -0.4 is 4.90 Å². The first-order valence-corrected chi connectivity index (χ1v) is 14.6. The van der Waals surface area contributed by atoms with Gasteiger partial charge in [-0.2, -0.15) is 17.5 Å². The van der Waals surface area contributed by atoms with E-state index in [1.807, 2.05) is 4.90 Å². The summed E-state index contributed by atoms with van der Waals surface area (Å²) in [4.78, 5) is 3.03. The highest BCUT2D eigenvalue weighted by Gasteiger charge is 2.51. The van der Waals surface area contributed by atoms with Crippen LogP contribution in [0.4, 0.5) is 23.2 Å². The van der Waals surface area contributed by atoms with Crippen LogP contribution in [0.2, 0.25) is 0 Å². The van der Waals surface area contributed by atoms with Gasteiger partial charge < -0.3 is 10.0 Å². The molecular weight excluding hydrogens is 560 g/mol. The molecule has 0 bridgehead atoms. The summed E-state index contributed by atoms with van der Waals surface area (Å²) in [6.45, 7) is 1.23. The molecule has 0 aromatic heterocycles. The molecule has 2 atom stereocenters. The number of alkyl halides is 3. The van der Waals surface area contributed by atoms with E-state index in [0.717, 1.165) is 0 Å². The van der Waals surface area contributed by atoms with Gasteiger partial charge in [-0.1, -0.05) is 42.6 Å². The van der Waals surface area contributed by atoms with Gasteiger partial charge >= 0.3 is 6.18 Å². The van der Waals surface area contributed by atoms with Crippen molar-refractivity contribution >= 4 is 44.6 Å². The minimum atomic E-state index is -4.85. The number of hydrogen-bond acceptors (Lipinski definition) is 6. The molecule has 0 amide bonds. The van der Waals surface area contributed by atoms with Gasteiger partial charge in [-0.3, -0.25) is 0 Å². The highest BCUT2D eigenvalue weighted by Crippen LogP contribution is 2.39. The monoisotopic (exact) mass is 586 g/mol. The van der Waals surface area contributed by atoms with Gasteiger partial charge in [0.05, 0.1) is 10.9 Å². The largest absolute Gasteiger partial charge is 0.421 e. The number of sulfonamides is 1. The Morgan fingerprint density at radius 3 is 2.47 bits per heavy atom. The lowest BCUT2D eigenvalue weighted by Gasteiger charge is -2.42. The maximum Gasteiger partial charge on any atom is 0.421 e. The van der Waals surface area contributed by atoms with Gasteiger partial charge in [0.25, 0.3) is 0 Å². The third kappa shape index (κ3) is 5.99. The smallest absolute Gasteiger partial charge is 0.376 e. The molecule has 1 aliphatic heterocycles. The molecule has 12 heteroatoms. The van der Waals surface area contributed by atoms with Crippen molar-refractivity contribution in [3.05, 3.63) is 83.0 Å². The molecule has 38 heavy (non-hydrogen) atoms. The van der Waals surface area contributed by atoms with E-state index in [2.05, 4.69) is 0 Å². The third-order valence-corrected chi connectivity index (χ3v) is 10.2. The molecule has 1 fully saturated rings. The summed E-state index contributed by atoms with van der Waals surface area (Å²) in [6, 6.07) is 11.1. The van der Waals surface area contributed by atoms with Crippen molar-refractivity contribution in [1.82, 2.24) is 4.31 Å². The zero-order valence-electron chi connectivity index (χ0n) is 20.4. The van der Waals surface area contributed by atoms with E-state index in [0.29, 0.717) is 34.5 Å². The molecular formula is C26H26F4N2O3S3. The molecule has 0 unspecified atom stereocenters. The minimum absolute atomic E-state index is 0.0960. The lowest BCUT2D eigenvalue weighted by Crippen LogP contribution is -2.56. The van der Waals surface area contributed by atoms with Crippen LogP contribution in [0.5, 0.6) is 0 Å². The van der Waals surface area contributed by atoms with Crippen molar-refractivity contribution in [2.75, 3.05) is 30.3 Å². The molecule has 5 nitrogen and oxygen atoms in total. The number of allylic oxidation sites excluding steroid dienone is 4. The number of aliphatic hydroxyl groups is 1. The Kier molecular flexibility index (Phi) is 8.39. The van der Waals surface area contributed by atoms with Crippen LogP contribution in [0.15, 0.2) is 76.6 Å². The normalized spacial score (nSPS) is 20.8. The van der Waals surface area contributed by atoms with Crippen LogP contribution in [-0.4, -0.2) is 60.3 Å². The molecule has 2 aromatic rings. The summed E-state index contributed by atoms with van der Waals surface area (Å²) < 4.78 is 81.8. The third-order valence-electron chi connectivity index (χ3n) is 6.58. The Morgan fingerprint density at radius 1 is 1.13 bits per heavy atom. The van der Waals surface area contributed by atoms with Gasteiger partial charge in [0.15, 0.2) is 5.60 Å². The fraction of sp³-hybridized carbons (Fsp3) is 0.346. The Balaban J connectivity index is 1.61. The summed E-state index contributed by atoms with van der Waals surface area (Å²) in [5, 5.41) is 10.0. The predicted octanol–water partition coefficient (Wildman–Crippen LogP) is 5.42. The zero-order valence-corrected chi connectivity index (χ0v) is 22.8. The molecule has 1 aliphatic carbocycles. The Morgan fingerprint density at radius 2 is 1.84 bits per heavy atom. The average Bonchev–Trinajstić information content (AvgIpc) is 2.87. The van der Waals surface area contributed by atoms with Crippen molar-refractivity contribution in [1.29, 1.82) is 0 Å². The van der Waals surface area contributed by atoms with Gasteiger partial charge in [-0.15, -0.1) is 11.8 Å². The maximum atomic E-state index is 13.7. The zero-order chi connectivity index (χ0) is 27.7. The van der Waals surface area contributed by atoms with Crippen LogP contribution in [0.25, 0.3) is 0 Å². The van der Waals surface area contributed by atoms with Crippen LogP contribution in [0.1, 0.15) is 18.9 Å². The summed E-state index contributed by atoms with van der Waals surface area (Å²) >= 11 is 6.65. The van der Waals surface area contributed by atoms with Crippen LogP contribution in [0, 0.1) is 5.82 Å². The van der Waals surface area contributed by atoms with Crippen molar-refractivity contribution < 1.29 is 31.1 Å². The van der Waals surface area contributed by atoms with Crippen molar-refractivity contribution in [3.63, 3.8) is 0 Å².